The average Bonchev–Trinajstić information content (AvgIpc) is 2.10. The van der Waals surface area contributed by atoms with Crippen molar-refractivity contribution in [3.05, 3.63) is 46.0 Å². The quantitative estimate of drug-likeness (QED) is 0.656. The van der Waals surface area contributed by atoms with Crippen molar-refractivity contribution in [3.63, 3.8) is 0 Å². The van der Waals surface area contributed by atoms with Crippen molar-refractivity contribution in [1.82, 2.24) is 0 Å². The SMILES string of the molecule is C/C=C\C(C)Cc1ccc(Cl)cc1Cl. The molecule has 0 nitrogen and oxygen atoms in total. The van der Waals surface area contributed by atoms with Crippen LogP contribution in [0.5, 0.6) is 0 Å². The summed E-state index contributed by atoms with van der Waals surface area (Å²) in [5, 5.41) is 1.45. The van der Waals surface area contributed by atoms with Crippen molar-refractivity contribution in [3.8, 4) is 0 Å². The van der Waals surface area contributed by atoms with Crippen LogP contribution in [0, 0.1) is 5.92 Å². The maximum atomic E-state index is 6.07. The fourth-order valence-corrected chi connectivity index (χ4v) is 1.92. The molecule has 76 valence electrons. The molecule has 0 aliphatic heterocycles. The lowest BCUT2D eigenvalue weighted by Gasteiger charge is -2.08. The molecule has 1 rings (SSSR count). The molecule has 0 fully saturated rings. The average molecular weight is 229 g/mol. The second kappa shape index (κ2) is 5.43. The number of rotatable bonds is 3. The van der Waals surface area contributed by atoms with Gasteiger partial charge < -0.3 is 0 Å². The lowest BCUT2D eigenvalue weighted by Crippen LogP contribution is -1.96. The van der Waals surface area contributed by atoms with Gasteiger partial charge in [-0.05, 0) is 37.0 Å². The Morgan fingerprint density at radius 1 is 1.36 bits per heavy atom. The van der Waals surface area contributed by atoms with Crippen LogP contribution in [0.2, 0.25) is 10.0 Å². The molecule has 1 atom stereocenters. The minimum atomic E-state index is 0.513. The first-order valence-corrected chi connectivity index (χ1v) is 5.46. The monoisotopic (exact) mass is 228 g/mol. The zero-order chi connectivity index (χ0) is 10.6. The van der Waals surface area contributed by atoms with Gasteiger partial charge in [-0.1, -0.05) is 48.3 Å². The summed E-state index contributed by atoms with van der Waals surface area (Å²) >= 11 is 11.9. The van der Waals surface area contributed by atoms with Gasteiger partial charge in [-0.2, -0.15) is 0 Å². The molecule has 0 amide bonds. The highest BCUT2D eigenvalue weighted by atomic mass is 35.5. The minimum Gasteiger partial charge on any atom is -0.0914 e. The van der Waals surface area contributed by atoms with Crippen molar-refractivity contribution in [2.24, 2.45) is 5.92 Å². The van der Waals surface area contributed by atoms with Gasteiger partial charge in [0.05, 0.1) is 0 Å². The Morgan fingerprint density at radius 3 is 2.64 bits per heavy atom. The fraction of sp³-hybridized carbons (Fsp3) is 0.333. The van der Waals surface area contributed by atoms with Crippen molar-refractivity contribution in [1.29, 1.82) is 0 Å². The molecule has 0 heterocycles. The van der Waals surface area contributed by atoms with Crippen LogP contribution >= 0.6 is 23.2 Å². The maximum Gasteiger partial charge on any atom is 0.0453 e. The summed E-state index contributed by atoms with van der Waals surface area (Å²) in [6.45, 7) is 4.20. The Hall–Kier alpha value is -0.460. The van der Waals surface area contributed by atoms with E-state index in [1.807, 2.05) is 19.1 Å². The molecule has 2 heteroatoms. The number of allylic oxidation sites excluding steroid dienone is 2. The maximum absolute atomic E-state index is 6.07. The van der Waals surface area contributed by atoms with Gasteiger partial charge in [0.1, 0.15) is 0 Å². The third-order valence-corrected chi connectivity index (χ3v) is 2.66. The topological polar surface area (TPSA) is 0 Å². The summed E-state index contributed by atoms with van der Waals surface area (Å²) in [4.78, 5) is 0. The number of hydrogen-bond donors (Lipinski definition) is 0. The number of halogens is 2. The smallest absolute Gasteiger partial charge is 0.0453 e. The van der Waals surface area contributed by atoms with Gasteiger partial charge in [0.2, 0.25) is 0 Å². The molecule has 0 N–H and O–H groups in total. The molecule has 1 aromatic carbocycles. The van der Waals surface area contributed by atoms with Crippen LogP contribution in [-0.4, -0.2) is 0 Å². The summed E-state index contributed by atoms with van der Waals surface area (Å²) in [5.74, 6) is 0.513. The van der Waals surface area contributed by atoms with Gasteiger partial charge in [-0.3, -0.25) is 0 Å². The minimum absolute atomic E-state index is 0.513. The summed E-state index contributed by atoms with van der Waals surface area (Å²) in [6, 6.07) is 5.66. The fourth-order valence-electron chi connectivity index (χ4n) is 1.43. The standard InChI is InChI=1S/C12H14Cl2/c1-3-4-9(2)7-10-5-6-11(13)8-12(10)14/h3-6,8-9H,7H2,1-2H3/b4-3-. The molecule has 0 saturated carbocycles. The number of benzene rings is 1. The predicted molar refractivity (Wildman–Crippen MR) is 64.1 cm³/mol. The molecule has 0 spiro atoms. The number of hydrogen-bond acceptors (Lipinski definition) is 0. The highest BCUT2D eigenvalue weighted by molar-refractivity contribution is 6.35. The van der Waals surface area contributed by atoms with Crippen LogP contribution in [0.25, 0.3) is 0 Å². The first-order valence-electron chi connectivity index (χ1n) is 4.70. The van der Waals surface area contributed by atoms with E-state index >= 15 is 0 Å². The largest absolute Gasteiger partial charge is 0.0914 e. The molecule has 14 heavy (non-hydrogen) atoms. The van der Waals surface area contributed by atoms with Gasteiger partial charge in [-0.25, -0.2) is 0 Å². The Bertz CT molecular complexity index is 329. The van der Waals surface area contributed by atoms with Crippen molar-refractivity contribution in [2.45, 2.75) is 20.3 Å². The Labute approximate surface area is 95.5 Å². The molecule has 0 aromatic heterocycles. The van der Waals surface area contributed by atoms with Crippen LogP contribution in [0.1, 0.15) is 19.4 Å². The lowest BCUT2D eigenvalue weighted by molar-refractivity contribution is 0.723. The van der Waals surface area contributed by atoms with E-state index in [-0.39, 0.29) is 0 Å². The van der Waals surface area contributed by atoms with E-state index in [0.717, 1.165) is 17.0 Å². The molecule has 0 radical (unpaired) electrons. The first kappa shape index (κ1) is 11.6. The third kappa shape index (κ3) is 3.36. The van der Waals surface area contributed by atoms with Gasteiger partial charge in [-0.15, -0.1) is 0 Å². The van der Waals surface area contributed by atoms with Crippen LogP contribution < -0.4 is 0 Å². The summed E-state index contributed by atoms with van der Waals surface area (Å²) in [7, 11) is 0. The van der Waals surface area contributed by atoms with E-state index in [0.29, 0.717) is 10.9 Å². The van der Waals surface area contributed by atoms with Gasteiger partial charge >= 0.3 is 0 Å². The lowest BCUT2D eigenvalue weighted by atomic mass is 10.0. The summed E-state index contributed by atoms with van der Waals surface area (Å²) in [5.41, 5.74) is 1.15. The Kier molecular flexibility index (Phi) is 4.50. The summed E-state index contributed by atoms with van der Waals surface area (Å²) < 4.78 is 0. The van der Waals surface area contributed by atoms with E-state index in [2.05, 4.69) is 19.1 Å². The van der Waals surface area contributed by atoms with Crippen LogP contribution in [0.3, 0.4) is 0 Å². The Balaban J connectivity index is 2.76. The van der Waals surface area contributed by atoms with E-state index in [1.165, 1.54) is 0 Å². The van der Waals surface area contributed by atoms with Crippen LogP contribution in [0.4, 0.5) is 0 Å². The van der Waals surface area contributed by atoms with Gasteiger partial charge in [0, 0.05) is 10.0 Å². The van der Waals surface area contributed by atoms with Crippen molar-refractivity contribution in [2.75, 3.05) is 0 Å². The molecule has 0 saturated heterocycles. The molecule has 0 aliphatic rings. The zero-order valence-corrected chi connectivity index (χ0v) is 9.94. The highest BCUT2D eigenvalue weighted by Gasteiger charge is 2.04. The summed E-state index contributed by atoms with van der Waals surface area (Å²) in [6.07, 6.45) is 5.19. The molecule has 1 unspecified atom stereocenters. The normalized spacial score (nSPS) is 13.4. The third-order valence-electron chi connectivity index (χ3n) is 2.08. The predicted octanol–water partition coefficient (Wildman–Crippen LogP) is 4.75. The van der Waals surface area contributed by atoms with E-state index < -0.39 is 0 Å². The zero-order valence-electron chi connectivity index (χ0n) is 8.43. The molecule has 0 bridgehead atoms. The van der Waals surface area contributed by atoms with Crippen molar-refractivity contribution < 1.29 is 0 Å². The van der Waals surface area contributed by atoms with E-state index in [4.69, 9.17) is 23.2 Å². The van der Waals surface area contributed by atoms with E-state index in [9.17, 15) is 0 Å². The molecule has 0 aliphatic carbocycles. The molecule has 1 aromatic rings. The first-order chi connectivity index (χ1) is 6.63. The molecular formula is C12H14Cl2. The van der Waals surface area contributed by atoms with Gasteiger partial charge in [0.25, 0.3) is 0 Å². The van der Waals surface area contributed by atoms with Gasteiger partial charge in [0.15, 0.2) is 0 Å². The van der Waals surface area contributed by atoms with E-state index in [1.54, 1.807) is 6.07 Å². The molecular weight excluding hydrogens is 215 g/mol. The van der Waals surface area contributed by atoms with Crippen LogP contribution in [0.15, 0.2) is 30.4 Å². The second-order valence-corrected chi connectivity index (χ2v) is 4.29. The van der Waals surface area contributed by atoms with Crippen molar-refractivity contribution >= 4 is 23.2 Å². The Morgan fingerprint density at radius 2 is 2.07 bits per heavy atom. The van der Waals surface area contributed by atoms with Crippen LogP contribution in [-0.2, 0) is 6.42 Å². The highest BCUT2D eigenvalue weighted by Crippen LogP contribution is 2.23. The second-order valence-electron chi connectivity index (χ2n) is 3.44.